The molecule has 1 N–H and O–H groups in total. The van der Waals surface area contributed by atoms with Crippen molar-refractivity contribution in [3.05, 3.63) is 34.9 Å². The van der Waals surface area contributed by atoms with Crippen LogP contribution in [-0.4, -0.2) is 35.1 Å². The van der Waals surface area contributed by atoms with Crippen molar-refractivity contribution >= 4 is 5.91 Å². The summed E-state index contributed by atoms with van der Waals surface area (Å²) in [4.78, 5) is 14.5. The molecule has 0 aromatic heterocycles. The Kier molecular flexibility index (Phi) is 4.59. The number of aliphatic hydroxyl groups excluding tert-OH is 1. The van der Waals surface area contributed by atoms with E-state index < -0.39 is 0 Å². The lowest BCUT2D eigenvalue weighted by atomic mass is 10.0. The van der Waals surface area contributed by atoms with Crippen molar-refractivity contribution in [1.29, 1.82) is 0 Å². The third-order valence-corrected chi connectivity index (χ3v) is 4.12. The van der Waals surface area contributed by atoms with E-state index in [9.17, 15) is 9.90 Å². The van der Waals surface area contributed by atoms with E-state index in [0.717, 1.165) is 24.0 Å². The summed E-state index contributed by atoms with van der Waals surface area (Å²) in [5.41, 5.74) is 3.08. The number of hydrogen-bond acceptors (Lipinski definition) is 2. The number of rotatable bonds is 4. The minimum Gasteiger partial charge on any atom is -0.395 e. The van der Waals surface area contributed by atoms with Crippen LogP contribution in [0.4, 0.5) is 0 Å². The van der Waals surface area contributed by atoms with Crippen LogP contribution in [0, 0.1) is 13.8 Å². The monoisotopic (exact) mass is 261 g/mol. The van der Waals surface area contributed by atoms with E-state index in [-0.39, 0.29) is 12.5 Å². The zero-order chi connectivity index (χ0) is 13.8. The normalized spacial score (nSPS) is 15.7. The largest absolute Gasteiger partial charge is 0.395 e. The molecule has 3 heteroatoms. The van der Waals surface area contributed by atoms with Gasteiger partial charge in [-0.2, -0.15) is 0 Å². The molecule has 0 atom stereocenters. The van der Waals surface area contributed by atoms with E-state index in [1.165, 1.54) is 18.4 Å². The molecule has 2 rings (SSSR count). The van der Waals surface area contributed by atoms with Crippen LogP contribution >= 0.6 is 0 Å². The number of carbonyl (C=O) groups excluding carboxylic acids is 1. The van der Waals surface area contributed by atoms with Crippen molar-refractivity contribution in [3.8, 4) is 0 Å². The number of aryl methyl sites for hydroxylation is 2. The smallest absolute Gasteiger partial charge is 0.254 e. The van der Waals surface area contributed by atoms with Gasteiger partial charge in [0.1, 0.15) is 0 Å². The fraction of sp³-hybridized carbons (Fsp3) is 0.562. The maximum Gasteiger partial charge on any atom is 0.254 e. The second-order valence-corrected chi connectivity index (χ2v) is 5.46. The van der Waals surface area contributed by atoms with Crippen LogP contribution in [0.3, 0.4) is 0 Å². The molecule has 1 fully saturated rings. The minimum atomic E-state index is 0.0348. The lowest BCUT2D eigenvalue weighted by molar-refractivity contribution is 0.0638. The van der Waals surface area contributed by atoms with Gasteiger partial charge in [-0.25, -0.2) is 0 Å². The van der Waals surface area contributed by atoms with Gasteiger partial charge in [0.2, 0.25) is 0 Å². The standard InChI is InChI=1S/C16H23NO2/c1-12-7-8-14(11-13(12)2)16(19)17(9-10-18)15-5-3-4-6-15/h7-8,11,15,18H,3-6,9-10H2,1-2H3. The third-order valence-electron chi connectivity index (χ3n) is 4.12. The first-order chi connectivity index (χ1) is 9.13. The summed E-state index contributed by atoms with van der Waals surface area (Å²) in [7, 11) is 0. The van der Waals surface area contributed by atoms with Gasteiger partial charge in [0.05, 0.1) is 6.61 Å². The van der Waals surface area contributed by atoms with Gasteiger partial charge >= 0.3 is 0 Å². The summed E-state index contributed by atoms with van der Waals surface area (Å²) >= 11 is 0. The zero-order valence-corrected chi connectivity index (χ0v) is 11.9. The maximum absolute atomic E-state index is 12.6. The zero-order valence-electron chi connectivity index (χ0n) is 11.9. The third kappa shape index (κ3) is 3.16. The van der Waals surface area contributed by atoms with Gasteiger partial charge < -0.3 is 10.0 Å². The molecule has 1 aromatic carbocycles. The highest BCUT2D eigenvalue weighted by atomic mass is 16.3. The molecule has 1 aromatic rings. The van der Waals surface area contributed by atoms with Crippen LogP contribution in [0.5, 0.6) is 0 Å². The number of amides is 1. The van der Waals surface area contributed by atoms with Crippen molar-refractivity contribution in [2.24, 2.45) is 0 Å². The number of carbonyl (C=O) groups is 1. The Hall–Kier alpha value is -1.35. The lowest BCUT2D eigenvalue weighted by Gasteiger charge is -2.28. The first kappa shape index (κ1) is 14.1. The molecule has 1 amide bonds. The molecule has 3 nitrogen and oxygen atoms in total. The van der Waals surface area contributed by atoms with Crippen molar-refractivity contribution in [2.45, 2.75) is 45.6 Å². The second kappa shape index (κ2) is 6.20. The van der Waals surface area contributed by atoms with Crippen molar-refractivity contribution in [1.82, 2.24) is 4.90 Å². The van der Waals surface area contributed by atoms with Gasteiger partial charge in [-0.05, 0) is 49.9 Å². The molecule has 1 aliphatic rings. The van der Waals surface area contributed by atoms with Crippen molar-refractivity contribution in [2.75, 3.05) is 13.2 Å². The van der Waals surface area contributed by atoms with Crippen molar-refractivity contribution in [3.63, 3.8) is 0 Å². The van der Waals surface area contributed by atoms with Gasteiger partial charge in [-0.1, -0.05) is 18.9 Å². The summed E-state index contributed by atoms with van der Waals surface area (Å²) in [5.74, 6) is 0.0593. The molecule has 0 spiro atoms. The number of nitrogens with zero attached hydrogens (tertiary/aromatic N) is 1. The first-order valence-corrected chi connectivity index (χ1v) is 7.12. The Bertz CT molecular complexity index is 450. The van der Waals surface area contributed by atoms with Crippen LogP contribution in [-0.2, 0) is 0 Å². The quantitative estimate of drug-likeness (QED) is 0.905. The molecular weight excluding hydrogens is 238 g/mol. The summed E-state index contributed by atoms with van der Waals surface area (Å²) in [5, 5.41) is 9.20. The topological polar surface area (TPSA) is 40.5 Å². The van der Waals surface area contributed by atoms with Crippen LogP contribution in [0.25, 0.3) is 0 Å². The highest BCUT2D eigenvalue weighted by molar-refractivity contribution is 5.94. The molecule has 0 unspecified atom stereocenters. The van der Waals surface area contributed by atoms with Gasteiger partial charge in [-0.3, -0.25) is 4.79 Å². The Morgan fingerprint density at radius 2 is 1.95 bits per heavy atom. The molecule has 19 heavy (non-hydrogen) atoms. The van der Waals surface area contributed by atoms with Gasteiger partial charge in [0.15, 0.2) is 0 Å². The van der Waals surface area contributed by atoms with E-state index in [0.29, 0.717) is 12.6 Å². The average Bonchev–Trinajstić information content (AvgIpc) is 2.92. The molecule has 1 aliphatic carbocycles. The highest BCUT2D eigenvalue weighted by Gasteiger charge is 2.26. The molecule has 0 heterocycles. The Morgan fingerprint density at radius 3 is 2.53 bits per heavy atom. The number of benzene rings is 1. The Morgan fingerprint density at radius 1 is 1.26 bits per heavy atom. The van der Waals surface area contributed by atoms with Crippen molar-refractivity contribution < 1.29 is 9.90 Å². The van der Waals surface area contributed by atoms with E-state index in [1.54, 1.807) is 0 Å². The maximum atomic E-state index is 12.6. The van der Waals surface area contributed by atoms with Crippen LogP contribution < -0.4 is 0 Å². The predicted molar refractivity (Wildman–Crippen MR) is 76.3 cm³/mol. The SMILES string of the molecule is Cc1ccc(C(=O)N(CCO)C2CCCC2)cc1C. The van der Waals surface area contributed by atoms with E-state index in [1.807, 2.05) is 36.9 Å². The van der Waals surface area contributed by atoms with E-state index in [2.05, 4.69) is 0 Å². The number of hydrogen-bond donors (Lipinski definition) is 1. The van der Waals surface area contributed by atoms with E-state index >= 15 is 0 Å². The average molecular weight is 261 g/mol. The first-order valence-electron chi connectivity index (χ1n) is 7.12. The fourth-order valence-electron chi connectivity index (χ4n) is 2.81. The Labute approximate surface area is 115 Å². The van der Waals surface area contributed by atoms with Crippen LogP contribution in [0.15, 0.2) is 18.2 Å². The van der Waals surface area contributed by atoms with Gasteiger partial charge in [0.25, 0.3) is 5.91 Å². The molecule has 0 aliphatic heterocycles. The predicted octanol–water partition coefficient (Wildman–Crippen LogP) is 2.68. The highest BCUT2D eigenvalue weighted by Crippen LogP contribution is 2.25. The van der Waals surface area contributed by atoms with Crippen LogP contribution in [0.2, 0.25) is 0 Å². The van der Waals surface area contributed by atoms with Crippen LogP contribution in [0.1, 0.15) is 47.2 Å². The van der Waals surface area contributed by atoms with Gasteiger partial charge in [0, 0.05) is 18.2 Å². The molecule has 0 bridgehead atoms. The summed E-state index contributed by atoms with van der Waals surface area (Å²) in [6, 6.07) is 6.15. The Balaban J connectivity index is 2.20. The van der Waals surface area contributed by atoms with E-state index in [4.69, 9.17) is 0 Å². The molecule has 0 saturated heterocycles. The lowest BCUT2D eigenvalue weighted by Crippen LogP contribution is -2.40. The summed E-state index contributed by atoms with van der Waals surface area (Å²) in [6.07, 6.45) is 4.51. The molecule has 0 radical (unpaired) electrons. The summed E-state index contributed by atoms with van der Waals surface area (Å²) in [6.45, 7) is 4.55. The fourth-order valence-corrected chi connectivity index (χ4v) is 2.81. The molecule has 104 valence electrons. The number of aliphatic hydroxyl groups is 1. The second-order valence-electron chi connectivity index (χ2n) is 5.46. The summed E-state index contributed by atoms with van der Waals surface area (Å²) < 4.78 is 0. The minimum absolute atomic E-state index is 0.0348. The molecular formula is C16H23NO2. The van der Waals surface area contributed by atoms with Gasteiger partial charge in [-0.15, -0.1) is 0 Å². The molecule has 1 saturated carbocycles.